The van der Waals surface area contributed by atoms with Crippen LogP contribution in [0.4, 0.5) is 4.39 Å². The molecule has 1 N–H and O–H groups in total. The summed E-state index contributed by atoms with van der Waals surface area (Å²) in [5.74, 6) is -1.74. The van der Waals surface area contributed by atoms with Crippen LogP contribution >= 0.6 is 0 Å². The van der Waals surface area contributed by atoms with Gasteiger partial charge in [-0.05, 0) is 53.6 Å². The first-order chi connectivity index (χ1) is 15.0. The summed E-state index contributed by atoms with van der Waals surface area (Å²) in [4.78, 5) is 31.4. The number of amides is 1. The van der Waals surface area contributed by atoms with Gasteiger partial charge in [0, 0.05) is 24.5 Å². The molecule has 31 heavy (non-hydrogen) atoms. The number of halogens is 1. The Hall–Kier alpha value is -4.00. The Morgan fingerprint density at radius 3 is 2.42 bits per heavy atom. The van der Waals surface area contributed by atoms with E-state index in [0.717, 1.165) is 5.56 Å². The number of hydrogen-bond acceptors (Lipinski definition) is 5. The van der Waals surface area contributed by atoms with E-state index in [2.05, 4.69) is 4.98 Å². The maximum Gasteiger partial charge on any atom is 0.295 e. The smallest absolute Gasteiger partial charge is 0.295 e. The summed E-state index contributed by atoms with van der Waals surface area (Å²) in [5.41, 5.74) is 1.57. The second-order valence-electron chi connectivity index (χ2n) is 7.07. The molecule has 1 atom stereocenters. The number of methoxy groups -OCH3 is 1. The van der Waals surface area contributed by atoms with E-state index in [1.54, 1.807) is 48.8 Å². The van der Waals surface area contributed by atoms with Gasteiger partial charge in [-0.3, -0.25) is 14.6 Å². The number of aliphatic hydroxyl groups is 1. The predicted octanol–water partition coefficient (Wildman–Crippen LogP) is 3.85. The van der Waals surface area contributed by atoms with Gasteiger partial charge in [0.15, 0.2) is 0 Å². The fourth-order valence-electron chi connectivity index (χ4n) is 3.63. The molecule has 1 saturated heterocycles. The lowest BCUT2D eigenvalue weighted by Gasteiger charge is -2.25. The summed E-state index contributed by atoms with van der Waals surface area (Å²) < 4.78 is 18.5. The van der Waals surface area contributed by atoms with Gasteiger partial charge in [-0.2, -0.15) is 0 Å². The van der Waals surface area contributed by atoms with Gasteiger partial charge in [0.2, 0.25) is 0 Å². The van der Waals surface area contributed by atoms with Crippen LogP contribution in [0.5, 0.6) is 5.75 Å². The molecule has 1 fully saturated rings. The summed E-state index contributed by atoms with van der Waals surface area (Å²) >= 11 is 0. The fourth-order valence-corrected chi connectivity index (χ4v) is 3.63. The van der Waals surface area contributed by atoms with Crippen molar-refractivity contribution in [1.29, 1.82) is 0 Å². The minimum Gasteiger partial charge on any atom is -0.507 e. The third kappa shape index (κ3) is 3.90. The van der Waals surface area contributed by atoms with Crippen LogP contribution in [0.25, 0.3) is 5.76 Å². The summed E-state index contributed by atoms with van der Waals surface area (Å²) in [6.45, 7) is 0.134. The largest absolute Gasteiger partial charge is 0.507 e. The molecule has 0 unspecified atom stereocenters. The number of Topliss-reactive ketones (excluding diaryl/α,β-unsaturated/α-hetero) is 1. The lowest BCUT2D eigenvalue weighted by atomic mass is 9.95. The second-order valence-corrected chi connectivity index (χ2v) is 7.07. The molecule has 3 aromatic rings. The highest BCUT2D eigenvalue weighted by molar-refractivity contribution is 6.46. The highest BCUT2D eigenvalue weighted by Crippen LogP contribution is 2.40. The number of hydrogen-bond donors (Lipinski definition) is 1. The van der Waals surface area contributed by atoms with Crippen molar-refractivity contribution < 1.29 is 23.8 Å². The molecule has 0 bridgehead atoms. The van der Waals surface area contributed by atoms with E-state index in [0.29, 0.717) is 11.3 Å². The minimum atomic E-state index is -0.823. The molecule has 1 aromatic heterocycles. The second kappa shape index (κ2) is 8.39. The molecular formula is C24H19FN2O4. The van der Waals surface area contributed by atoms with Crippen LogP contribution in [0.1, 0.15) is 22.7 Å². The molecule has 156 valence electrons. The first-order valence-corrected chi connectivity index (χ1v) is 9.57. The summed E-state index contributed by atoms with van der Waals surface area (Å²) in [5, 5.41) is 10.9. The van der Waals surface area contributed by atoms with Crippen molar-refractivity contribution in [3.05, 3.63) is 101 Å². The van der Waals surface area contributed by atoms with E-state index in [4.69, 9.17) is 4.74 Å². The Morgan fingerprint density at radius 2 is 1.81 bits per heavy atom. The van der Waals surface area contributed by atoms with Crippen LogP contribution in [0, 0.1) is 5.82 Å². The highest BCUT2D eigenvalue weighted by Gasteiger charge is 2.46. The Kier molecular flexibility index (Phi) is 5.49. The van der Waals surface area contributed by atoms with Crippen molar-refractivity contribution >= 4 is 17.4 Å². The summed E-state index contributed by atoms with van der Waals surface area (Å²) in [6.07, 6.45) is 3.23. The number of carbonyl (C=O) groups is 2. The lowest BCUT2D eigenvalue weighted by molar-refractivity contribution is -0.140. The number of ketones is 1. The van der Waals surface area contributed by atoms with Gasteiger partial charge in [0.1, 0.15) is 17.3 Å². The standard InChI is InChI=1S/C24H19FN2O4/c1-31-19-10-6-16(7-11-19)21-20(22(28)17-4-8-18(25)9-5-17)23(29)24(30)27(21)14-15-3-2-12-26-13-15/h2-13,21,28H,14H2,1H3/t21-/m1/s1. The van der Waals surface area contributed by atoms with Crippen molar-refractivity contribution in [3.8, 4) is 5.75 Å². The first-order valence-electron chi connectivity index (χ1n) is 9.57. The van der Waals surface area contributed by atoms with E-state index in [1.807, 2.05) is 0 Å². The van der Waals surface area contributed by atoms with E-state index in [-0.39, 0.29) is 23.4 Å². The highest BCUT2D eigenvalue weighted by atomic mass is 19.1. The van der Waals surface area contributed by atoms with Gasteiger partial charge < -0.3 is 14.7 Å². The predicted molar refractivity (Wildman–Crippen MR) is 111 cm³/mol. The van der Waals surface area contributed by atoms with Gasteiger partial charge in [-0.1, -0.05) is 18.2 Å². The topological polar surface area (TPSA) is 79.7 Å². The molecular weight excluding hydrogens is 399 g/mol. The number of carbonyl (C=O) groups excluding carboxylic acids is 2. The third-order valence-electron chi connectivity index (χ3n) is 5.16. The molecule has 0 aliphatic carbocycles. The number of aliphatic hydroxyl groups excluding tert-OH is 1. The molecule has 2 heterocycles. The molecule has 7 heteroatoms. The van der Waals surface area contributed by atoms with E-state index in [9.17, 15) is 19.1 Å². The number of likely N-dealkylation sites (tertiary alicyclic amines) is 1. The van der Waals surface area contributed by atoms with Crippen molar-refractivity contribution in [3.63, 3.8) is 0 Å². The summed E-state index contributed by atoms with van der Waals surface area (Å²) in [6, 6.07) is 14.7. The van der Waals surface area contributed by atoms with E-state index >= 15 is 0 Å². The lowest BCUT2D eigenvalue weighted by Crippen LogP contribution is -2.29. The van der Waals surface area contributed by atoms with Crippen molar-refractivity contribution in [2.75, 3.05) is 7.11 Å². The summed E-state index contributed by atoms with van der Waals surface area (Å²) in [7, 11) is 1.54. The molecule has 1 amide bonds. The Morgan fingerprint density at radius 1 is 1.10 bits per heavy atom. The van der Waals surface area contributed by atoms with Gasteiger partial charge in [-0.25, -0.2) is 4.39 Å². The van der Waals surface area contributed by atoms with Gasteiger partial charge in [-0.15, -0.1) is 0 Å². The van der Waals surface area contributed by atoms with Crippen molar-refractivity contribution in [2.45, 2.75) is 12.6 Å². The van der Waals surface area contributed by atoms with Gasteiger partial charge in [0.25, 0.3) is 11.7 Å². The quantitative estimate of drug-likeness (QED) is 0.387. The molecule has 0 radical (unpaired) electrons. The number of rotatable bonds is 5. The SMILES string of the molecule is COc1ccc([C@@H]2C(=C(O)c3ccc(F)cc3)C(=O)C(=O)N2Cc2cccnc2)cc1. The Labute approximate surface area is 178 Å². The molecule has 6 nitrogen and oxygen atoms in total. The van der Waals surface area contributed by atoms with Crippen molar-refractivity contribution in [1.82, 2.24) is 9.88 Å². The average Bonchev–Trinajstić information content (AvgIpc) is 3.05. The minimum absolute atomic E-state index is 0.0503. The number of nitrogens with zero attached hydrogens (tertiary/aromatic N) is 2. The number of ether oxygens (including phenoxy) is 1. The molecule has 0 spiro atoms. The van der Waals surface area contributed by atoms with Crippen molar-refractivity contribution in [2.24, 2.45) is 0 Å². The Balaban J connectivity index is 1.85. The van der Waals surface area contributed by atoms with Gasteiger partial charge >= 0.3 is 0 Å². The number of benzene rings is 2. The monoisotopic (exact) mass is 418 g/mol. The number of aromatic nitrogens is 1. The molecule has 4 rings (SSSR count). The maximum atomic E-state index is 13.3. The van der Waals surface area contributed by atoms with Crippen LogP contribution in [-0.2, 0) is 16.1 Å². The van der Waals surface area contributed by atoms with E-state index in [1.165, 1.54) is 36.3 Å². The van der Waals surface area contributed by atoms with Crippen LogP contribution in [0.3, 0.4) is 0 Å². The molecule has 1 aliphatic rings. The zero-order valence-corrected chi connectivity index (χ0v) is 16.7. The molecule has 2 aromatic carbocycles. The normalized spacial score (nSPS) is 17.7. The van der Waals surface area contributed by atoms with Crippen LogP contribution < -0.4 is 4.74 Å². The zero-order chi connectivity index (χ0) is 22.0. The maximum absolute atomic E-state index is 13.3. The van der Waals surface area contributed by atoms with Gasteiger partial charge in [0.05, 0.1) is 18.7 Å². The molecule has 0 saturated carbocycles. The van der Waals surface area contributed by atoms with Crippen LogP contribution in [0.2, 0.25) is 0 Å². The zero-order valence-electron chi connectivity index (χ0n) is 16.7. The van der Waals surface area contributed by atoms with Crippen LogP contribution in [0.15, 0.2) is 78.6 Å². The third-order valence-corrected chi connectivity index (χ3v) is 5.16. The number of pyridine rings is 1. The molecule has 1 aliphatic heterocycles. The average molecular weight is 418 g/mol. The van der Waals surface area contributed by atoms with E-state index < -0.39 is 23.5 Å². The van der Waals surface area contributed by atoms with Crippen LogP contribution in [-0.4, -0.2) is 33.8 Å². The first kappa shape index (κ1) is 20.3. The fraction of sp³-hybridized carbons (Fsp3) is 0.125. The Bertz CT molecular complexity index is 1140.